The number of hydrazone groups is 1. The van der Waals surface area contributed by atoms with Crippen LogP contribution in [0.5, 0.6) is 0 Å². The lowest BCUT2D eigenvalue weighted by Gasteiger charge is -2.02. The third kappa shape index (κ3) is 5.98. The van der Waals surface area contributed by atoms with Crippen molar-refractivity contribution in [1.29, 1.82) is 0 Å². The highest BCUT2D eigenvalue weighted by atomic mass is 79.9. The van der Waals surface area contributed by atoms with E-state index in [9.17, 15) is 4.79 Å². The van der Waals surface area contributed by atoms with E-state index in [1.165, 1.54) is 11.3 Å². The first-order valence-corrected chi connectivity index (χ1v) is 7.24. The van der Waals surface area contributed by atoms with Crippen LogP contribution < -0.4 is 0 Å². The van der Waals surface area contributed by atoms with Gasteiger partial charge in [-0.15, -0.1) is 11.3 Å². The molecule has 0 amide bonds. The molecule has 0 radical (unpaired) electrons. The van der Waals surface area contributed by atoms with E-state index in [2.05, 4.69) is 21.0 Å². The first kappa shape index (κ1) is 14.4. The Morgan fingerprint density at radius 1 is 1.53 bits per heavy atom. The second-order valence-electron chi connectivity index (χ2n) is 3.94. The molecule has 0 fully saturated rings. The molecule has 0 aliphatic rings. The van der Waals surface area contributed by atoms with Crippen LogP contribution in [0, 0.1) is 0 Å². The minimum atomic E-state index is 0.241. The molecule has 0 atom stereocenters. The van der Waals surface area contributed by atoms with Crippen molar-refractivity contribution < 1.29 is 4.79 Å². The first-order chi connectivity index (χ1) is 8.09. The average Bonchev–Trinajstić information content (AvgIpc) is 2.69. The lowest BCUT2D eigenvalue weighted by atomic mass is 10.1. The number of carbonyl (C=O) groups excluding carboxylic acids is 1. The minimum absolute atomic E-state index is 0.241. The van der Waals surface area contributed by atoms with Crippen LogP contribution >= 0.6 is 27.3 Å². The highest BCUT2D eigenvalue weighted by Gasteiger charge is 2.07. The van der Waals surface area contributed by atoms with Gasteiger partial charge < -0.3 is 5.01 Å². The third-order valence-electron chi connectivity index (χ3n) is 2.14. The Balaban J connectivity index is 2.17. The van der Waals surface area contributed by atoms with Crippen molar-refractivity contribution in [3.8, 4) is 0 Å². The van der Waals surface area contributed by atoms with Crippen LogP contribution in [0.3, 0.4) is 0 Å². The van der Waals surface area contributed by atoms with E-state index < -0.39 is 0 Å². The largest absolute Gasteiger partial charge is 0.303 e. The van der Waals surface area contributed by atoms with Crippen molar-refractivity contribution in [3.05, 3.63) is 20.8 Å². The maximum Gasteiger partial charge on any atom is 0.172 e. The summed E-state index contributed by atoms with van der Waals surface area (Å²) in [6.45, 7) is 0. The number of hydrogen-bond acceptors (Lipinski definition) is 4. The Hall–Kier alpha value is -0.680. The van der Waals surface area contributed by atoms with Crippen LogP contribution in [0.25, 0.3) is 0 Å². The zero-order valence-electron chi connectivity index (χ0n) is 10.1. The monoisotopic (exact) mass is 316 g/mol. The molecule has 5 heteroatoms. The van der Waals surface area contributed by atoms with Crippen LogP contribution in [0.4, 0.5) is 0 Å². The van der Waals surface area contributed by atoms with Crippen molar-refractivity contribution in [2.45, 2.75) is 25.7 Å². The second kappa shape index (κ2) is 7.61. The van der Waals surface area contributed by atoms with Gasteiger partial charge in [0.05, 0.1) is 4.88 Å². The average molecular weight is 317 g/mol. The summed E-state index contributed by atoms with van der Waals surface area (Å²) in [6.07, 6.45) is 5.39. The number of nitrogens with zero attached hydrogens (tertiary/aromatic N) is 2. The number of unbranched alkanes of at least 4 members (excludes halogenated alkanes) is 2. The molecule has 0 aliphatic carbocycles. The smallest absolute Gasteiger partial charge is 0.172 e. The lowest BCUT2D eigenvalue weighted by molar-refractivity contribution is 0.0983. The summed E-state index contributed by atoms with van der Waals surface area (Å²) in [5.74, 6) is 0.241. The van der Waals surface area contributed by atoms with Gasteiger partial charge in [-0.3, -0.25) is 4.79 Å². The normalized spacial score (nSPS) is 11.0. The number of carbonyl (C=O) groups is 1. The molecule has 0 aromatic carbocycles. The summed E-state index contributed by atoms with van der Waals surface area (Å²) >= 11 is 4.85. The molecule has 17 heavy (non-hydrogen) atoms. The van der Waals surface area contributed by atoms with E-state index in [4.69, 9.17) is 0 Å². The fourth-order valence-corrected chi connectivity index (χ4v) is 2.72. The van der Waals surface area contributed by atoms with Crippen molar-refractivity contribution in [2.24, 2.45) is 5.10 Å². The fraction of sp³-hybridized carbons (Fsp3) is 0.500. The van der Waals surface area contributed by atoms with E-state index >= 15 is 0 Å². The summed E-state index contributed by atoms with van der Waals surface area (Å²) in [6, 6.07) is 1.89. The molecular formula is C12H17BrN2OS. The van der Waals surface area contributed by atoms with Gasteiger partial charge in [-0.05, 0) is 41.3 Å². The van der Waals surface area contributed by atoms with E-state index in [0.717, 1.165) is 28.6 Å². The van der Waals surface area contributed by atoms with Gasteiger partial charge in [-0.1, -0.05) is 0 Å². The van der Waals surface area contributed by atoms with E-state index in [0.29, 0.717) is 6.42 Å². The Morgan fingerprint density at radius 2 is 2.29 bits per heavy atom. The summed E-state index contributed by atoms with van der Waals surface area (Å²) in [7, 11) is 3.79. The molecule has 1 heterocycles. The summed E-state index contributed by atoms with van der Waals surface area (Å²) < 4.78 is 0.990. The summed E-state index contributed by atoms with van der Waals surface area (Å²) in [4.78, 5) is 12.6. The number of rotatable bonds is 7. The van der Waals surface area contributed by atoms with Crippen molar-refractivity contribution >= 4 is 39.3 Å². The molecule has 1 rings (SSSR count). The molecule has 0 spiro atoms. The molecule has 0 saturated heterocycles. The molecule has 1 aromatic heterocycles. The third-order valence-corrected chi connectivity index (χ3v) is 3.87. The first-order valence-electron chi connectivity index (χ1n) is 5.56. The zero-order valence-corrected chi connectivity index (χ0v) is 12.6. The molecule has 0 aliphatic heterocycles. The molecule has 0 unspecified atom stereocenters. The van der Waals surface area contributed by atoms with Crippen LogP contribution in [0.2, 0.25) is 0 Å². The van der Waals surface area contributed by atoms with Crippen LogP contribution in [-0.2, 0) is 0 Å². The van der Waals surface area contributed by atoms with E-state index in [1.54, 1.807) is 5.01 Å². The number of ketones is 1. The lowest BCUT2D eigenvalue weighted by Crippen LogP contribution is -2.01. The Labute approximate surface area is 115 Å². The van der Waals surface area contributed by atoms with Crippen LogP contribution in [-0.4, -0.2) is 31.1 Å². The molecule has 0 saturated carbocycles. The standard InChI is InChI=1S/C12H17BrN2OS/c1-15(2)14-7-5-3-4-6-11(16)12-8-10(13)9-17-12/h7-9H,3-6H2,1-2H3/b14-7+. The van der Waals surface area contributed by atoms with Crippen LogP contribution in [0.1, 0.15) is 35.4 Å². The highest BCUT2D eigenvalue weighted by molar-refractivity contribution is 9.10. The predicted molar refractivity (Wildman–Crippen MR) is 77.0 cm³/mol. The van der Waals surface area contributed by atoms with Crippen LogP contribution in [0.15, 0.2) is 21.0 Å². The van der Waals surface area contributed by atoms with Gasteiger partial charge in [-0.2, -0.15) is 5.10 Å². The SMILES string of the molecule is CN(C)/N=C/CCCCC(=O)c1cc(Br)cs1. The minimum Gasteiger partial charge on any atom is -0.303 e. The van der Waals surface area contributed by atoms with Gasteiger partial charge in [0.2, 0.25) is 0 Å². The van der Waals surface area contributed by atoms with Gasteiger partial charge >= 0.3 is 0 Å². The van der Waals surface area contributed by atoms with Gasteiger partial charge in [0.1, 0.15) is 0 Å². The van der Waals surface area contributed by atoms with Gasteiger partial charge in [0.25, 0.3) is 0 Å². The van der Waals surface area contributed by atoms with E-state index in [1.807, 2.05) is 31.8 Å². The molecular weight excluding hydrogens is 300 g/mol. The molecule has 94 valence electrons. The predicted octanol–water partition coefficient (Wildman–Crippen LogP) is 3.80. The number of hydrogen-bond donors (Lipinski definition) is 0. The van der Waals surface area contributed by atoms with Crippen molar-refractivity contribution in [3.63, 3.8) is 0 Å². The van der Waals surface area contributed by atoms with Gasteiger partial charge in [0, 0.05) is 36.6 Å². The Kier molecular flexibility index (Phi) is 6.44. The second-order valence-corrected chi connectivity index (χ2v) is 5.77. The van der Waals surface area contributed by atoms with Gasteiger partial charge in [-0.25, -0.2) is 0 Å². The molecule has 0 N–H and O–H groups in total. The highest BCUT2D eigenvalue weighted by Crippen LogP contribution is 2.21. The number of thiophene rings is 1. The summed E-state index contributed by atoms with van der Waals surface area (Å²) in [5, 5.41) is 7.84. The quantitative estimate of drug-likeness (QED) is 0.332. The Bertz CT molecular complexity index is 388. The number of Topliss-reactive ketones (excluding diaryl/α,β-unsaturated/α-hetero) is 1. The van der Waals surface area contributed by atoms with Gasteiger partial charge in [0.15, 0.2) is 5.78 Å². The number of halogens is 1. The molecule has 0 bridgehead atoms. The maximum atomic E-state index is 11.7. The molecule has 3 nitrogen and oxygen atoms in total. The van der Waals surface area contributed by atoms with E-state index in [-0.39, 0.29) is 5.78 Å². The summed E-state index contributed by atoms with van der Waals surface area (Å²) in [5.41, 5.74) is 0. The fourth-order valence-electron chi connectivity index (χ4n) is 1.32. The Morgan fingerprint density at radius 3 is 2.88 bits per heavy atom. The maximum absolute atomic E-state index is 11.7. The topological polar surface area (TPSA) is 32.7 Å². The van der Waals surface area contributed by atoms with Crippen molar-refractivity contribution in [2.75, 3.05) is 14.1 Å². The molecule has 1 aromatic rings. The zero-order chi connectivity index (χ0) is 12.7. The van der Waals surface area contributed by atoms with Crippen molar-refractivity contribution in [1.82, 2.24) is 5.01 Å².